The molecule has 1 fully saturated rings. The number of carbonyl (C=O) groups excluding carboxylic acids is 1. The lowest BCUT2D eigenvalue weighted by Crippen LogP contribution is -2.30. The second kappa shape index (κ2) is 7.53. The van der Waals surface area contributed by atoms with Gasteiger partial charge in [0.05, 0.1) is 16.2 Å². The lowest BCUT2D eigenvalue weighted by atomic mass is 9.96. The molecule has 0 unspecified atom stereocenters. The maximum Gasteiger partial charge on any atom is 0.418 e. The van der Waals surface area contributed by atoms with Crippen LogP contribution in [0.25, 0.3) is 27.6 Å². The molecule has 1 saturated heterocycles. The highest BCUT2D eigenvalue weighted by molar-refractivity contribution is 8.19. The molecule has 0 saturated carbocycles. The van der Waals surface area contributed by atoms with E-state index in [1.807, 2.05) is 48.5 Å². The zero-order valence-corrected chi connectivity index (χ0v) is 17.3. The quantitative estimate of drug-likeness (QED) is 0.263. The molecule has 0 spiro atoms. The number of benzene rings is 4. The van der Waals surface area contributed by atoms with Crippen LogP contribution in [-0.2, 0) is 11.0 Å². The predicted octanol–water partition coefficient (Wildman–Crippen LogP) is 7.07. The summed E-state index contributed by atoms with van der Waals surface area (Å²) in [5, 5.41) is 11.8. The van der Waals surface area contributed by atoms with E-state index in [2.05, 4.69) is 6.07 Å². The van der Waals surface area contributed by atoms with Crippen LogP contribution in [0, 0.1) is 5.41 Å². The summed E-state index contributed by atoms with van der Waals surface area (Å²) in [5.74, 6) is -0.645. The Labute approximate surface area is 185 Å². The summed E-state index contributed by atoms with van der Waals surface area (Å²) in [6, 6.07) is 22.4. The van der Waals surface area contributed by atoms with Crippen molar-refractivity contribution in [1.82, 2.24) is 0 Å². The standard InChI is InChI=1S/C25H15F3N2OS/c26-25(27,28)20-11-5-6-12-21(20)30-23(31)22(32-24(30)29)14-19-17-9-3-1-7-15(17)13-16-8-2-4-10-18(16)19/h1-14,29H/b22-14-,29-24?. The van der Waals surface area contributed by atoms with E-state index in [1.165, 1.54) is 18.2 Å². The number of alkyl halides is 3. The van der Waals surface area contributed by atoms with Crippen LogP contribution in [0.5, 0.6) is 0 Å². The summed E-state index contributed by atoms with van der Waals surface area (Å²) in [4.78, 5) is 14.2. The van der Waals surface area contributed by atoms with Crippen molar-refractivity contribution in [2.45, 2.75) is 6.18 Å². The fourth-order valence-electron chi connectivity index (χ4n) is 3.95. The molecule has 4 aromatic rings. The smallest absolute Gasteiger partial charge is 0.278 e. The van der Waals surface area contributed by atoms with Crippen LogP contribution in [0.3, 0.4) is 0 Å². The monoisotopic (exact) mass is 448 g/mol. The van der Waals surface area contributed by atoms with Crippen LogP contribution in [0.2, 0.25) is 0 Å². The van der Waals surface area contributed by atoms with Gasteiger partial charge < -0.3 is 0 Å². The third-order valence-electron chi connectivity index (χ3n) is 5.36. The van der Waals surface area contributed by atoms with E-state index in [9.17, 15) is 18.0 Å². The third-order valence-corrected chi connectivity index (χ3v) is 6.25. The molecule has 1 N–H and O–H groups in total. The highest BCUT2D eigenvalue weighted by atomic mass is 32.2. The van der Waals surface area contributed by atoms with Crippen LogP contribution >= 0.6 is 11.8 Å². The van der Waals surface area contributed by atoms with Gasteiger partial charge in [-0.2, -0.15) is 13.2 Å². The Balaban J connectivity index is 1.67. The Morgan fingerprint density at radius 2 is 1.41 bits per heavy atom. The van der Waals surface area contributed by atoms with Crippen LogP contribution < -0.4 is 4.90 Å². The summed E-state index contributed by atoms with van der Waals surface area (Å²) in [6.45, 7) is 0. The average Bonchev–Trinajstić information content (AvgIpc) is 3.05. The fraction of sp³-hybridized carbons (Fsp3) is 0.0400. The molecular formula is C25H15F3N2OS. The zero-order chi connectivity index (χ0) is 22.5. The number of amides is 1. The lowest BCUT2D eigenvalue weighted by Gasteiger charge is -2.19. The molecule has 0 atom stereocenters. The number of halogens is 3. The van der Waals surface area contributed by atoms with Gasteiger partial charge in [-0.3, -0.25) is 15.1 Å². The van der Waals surface area contributed by atoms with Crippen LogP contribution in [0.15, 0.2) is 83.8 Å². The first kappa shape index (κ1) is 20.3. The van der Waals surface area contributed by atoms with E-state index < -0.39 is 17.6 Å². The van der Waals surface area contributed by atoms with Gasteiger partial charge in [-0.25, -0.2) is 0 Å². The molecule has 158 valence electrons. The molecular weight excluding hydrogens is 433 g/mol. The van der Waals surface area contributed by atoms with Gasteiger partial charge in [0.1, 0.15) is 0 Å². The van der Waals surface area contributed by atoms with Gasteiger partial charge in [-0.15, -0.1) is 0 Å². The summed E-state index contributed by atoms with van der Waals surface area (Å²) < 4.78 is 40.6. The van der Waals surface area contributed by atoms with Crippen molar-refractivity contribution in [3.63, 3.8) is 0 Å². The number of nitrogens with one attached hydrogen (secondary N) is 1. The molecule has 1 aliphatic rings. The third kappa shape index (κ3) is 3.35. The molecule has 0 radical (unpaired) electrons. The minimum absolute atomic E-state index is 0.202. The molecule has 3 nitrogen and oxygen atoms in total. The Morgan fingerprint density at radius 3 is 2.03 bits per heavy atom. The second-order valence-electron chi connectivity index (χ2n) is 7.30. The number of carbonyl (C=O) groups is 1. The van der Waals surface area contributed by atoms with Crippen molar-refractivity contribution < 1.29 is 18.0 Å². The van der Waals surface area contributed by atoms with Crippen molar-refractivity contribution in [2.75, 3.05) is 4.90 Å². The van der Waals surface area contributed by atoms with Gasteiger partial charge in [0.25, 0.3) is 5.91 Å². The van der Waals surface area contributed by atoms with E-state index >= 15 is 0 Å². The van der Waals surface area contributed by atoms with E-state index in [0.29, 0.717) is 0 Å². The number of hydrogen-bond acceptors (Lipinski definition) is 3. The Hall–Kier alpha value is -3.58. The normalized spacial score (nSPS) is 16.0. The highest BCUT2D eigenvalue weighted by Gasteiger charge is 2.40. The molecule has 1 aliphatic heterocycles. The second-order valence-corrected chi connectivity index (χ2v) is 8.33. The average molecular weight is 448 g/mol. The van der Waals surface area contributed by atoms with E-state index in [0.717, 1.165) is 49.8 Å². The predicted molar refractivity (Wildman–Crippen MR) is 124 cm³/mol. The van der Waals surface area contributed by atoms with Gasteiger partial charge in [0, 0.05) is 0 Å². The van der Waals surface area contributed by atoms with E-state index in [1.54, 1.807) is 6.08 Å². The van der Waals surface area contributed by atoms with Crippen LogP contribution in [0.4, 0.5) is 18.9 Å². The number of nitrogens with zero attached hydrogens (tertiary/aromatic N) is 1. The van der Waals surface area contributed by atoms with Crippen molar-refractivity contribution in [3.05, 3.63) is 94.9 Å². The first-order valence-electron chi connectivity index (χ1n) is 9.74. The summed E-state index contributed by atoms with van der Waals surface area (Å²) in [7, 11) is 0. The van der Waals surface area contributed by atoms with Gasteiger partial charge in [-0.05, 0) is 63.1 Å². The highest BCUT2D eigenvalue weighted by Crippen LogP contribution is 2.42. The molecule has 5 rings (SSSR count). The van der Waals surface area contributed by atoms with Crippen molar-refractivity contribution in [1.29, 1.82) is 5.41 Å². The minimum atomic E-state index is -4.64. The molecule has 1 heterocycles. The molecule has 1 amide bonds. The van der Waals surface area contributed by atoms with Crippen LogP contribution in [0.1, 0.15) is 11.1 Å². The fourth-order valence-corrected chi connectivity index (χ4v) is 4.79. The van der Waals surface area contributed by atoms with Crippen molar-refractivity contribution >= 4 is 56.1 Å². The number of hydrogen-bond donors (Lipinski definition) is 1. The van der Waals surface area contributed by atoms with Gasteiger partial charge in [0.2, 0.25) is 0 Å². The Kier molecular flexibility index (Phi) is 4.78. The molecule has 7 heteroatoms. The van der Waals surface area contributed by atoms with Gasteiger partial charge in [-0.1, -0.05) is 60.7 Å². The molecule has 0 aliphatic carbocycles. The summed E-state index contributed by atoms with van der Waals surface area (Å²) >= 11 is 0.861. The van der Waals surface area contributed by atoms with Crippen molar-refractivity contribution in [2.24, 2.45) is 0 Å². The number of fused-ring (bicyclic) bond motifs is 2. The summed E-state index contributed by atoms with van der Waals surface area (Å²) in [6.07, 6.45) is -2.96. The number of thioether (sulfide) groups is 1. The first-order valence-corrected chi connectivity index (χ1v) is 10.6. The van der Waals surface area contributed by atoms with E-state index in [4.69, 9.17) is 5.41 Å². The number of amidine groups is 1. The molecule has 32 heavy (non-hydrogen) atoms. The number of rotatable bonds is 2. The van der Waals surface area contributed by atoms with E-state index in [-0.39, 0.29) is 15.8 Å². The Morgan fingerprint density at radius 1 is 0.844 bits per heavy atom. The zero-order valence-electron chi connectivity index (χ0n) is 16.5. The molecule has 0 bridgehead atoms. The maximum absolute atomic E-state index is 13.5. The first-order chi connectivity index (χ1) is 15.3. The largest absolute Gasteiger partial charge is 0.418 e. The Bertz CT molecular complexity index is 1390. The van der Waals surface area contributed by atoms with Gasteiger partial charge in [0.15, 0.2) is 5.17 Å². The molecule has 4 aromatic carbocycles. The topological polar surface area (TPSA) is 44.2 Å². The minimum Gasteiger partial charge on any atom is -0.278 e. The van der Waals surface area contributed by atoms with Gasteiger partial charge >= 0.3 is 6.18 Å². The number of para-hydroxylation sites is 1. The van der Waals surface area contributed by atoms with Crippen molar-refractivity contribution in [3.8, 4) is 0 Å². The molecule has 0 aromatic heterocycles. The maximum atomic E-state index is 13.5. The van der Waals surface area contributed by atoms with Crippen LogP contribution in [-0.4, -0.2) is 11.1 Å². The SMILES string of the molecule is N=C1S/C(=C\c2c3ccccc3cc3ccccc23)C(=O)N1c1ccccc1C(F)(F)F. The lowest BCUT2D eigenvalue weighted by molar-refractivity contribution is -0.137. The summed E-state index contributed by atoms with van der Waals surface area (Å²) in [5.41, 5.74) is -0.488. The number of anilines is 1.